The molecule has 0 spiro atoms. The van der Waals surface area contributed by atoms with Crippen molar-refractivity contribution in [2.24, 2.45) is 5.41 Å². The molecule has 1 N–H and O–H groups in total. The summed E-state index contributed by atoms with van der Waals surface area (Å²) < 4.78 is 16.1. The molecule has 180 valence electrons. The molecule has 0 fully saturated rings. The van der Waals surface area contributed by atoms with Crippen molar-refractivity contribution in [1.82, 2.24) is 5.32 Å². The Labute approximate surface area is 197 Å². The predicted octanol–water partition coefficient (Wildman–Crippen LogP) is 4.47. The molecule has 33 heavy (non-hydrogen) atoms. The average Bonchev–Trinajstić information content (AvgIpc) is 2.74. The van der Waals surface area contributed by atoms with Gasteiger partial charge in [0.2, 0.25) is 5.91 Å². The van der Waals surface area contributed by atoms with Crippen LogP contribution in [0.15, 0.2) is 24.3 Å². The maximum atomic E-state index is 12.6. The van der Waals surface area contributed by atoms with Crippen molar-refractivity contribution in [3.63, 3.8) is 0 Å². The van der Waals surface area contributed by atoms with Gasteiger partial charge in [0, 0.05) is 11.8 Å². The summed E-state index contributed by atoms with van der Waals surface area (Å²) >= 11 is 0. The van der Waals surface area contributed by atoms with Crippen molar-refractivity contribution in [3.8, 4) is 11.5 Å². The van der Waals surface area contributed by atoms with Crippen LogP contribution in [0.3, 0.4) is 0 Å². The fraction of sp³-hybridized carbons (Fsp3) is 0.481. The van der Waals surface area contributed by atoms with Gasteiger partial charge >= 0.3 is 5.97 Å². The third-order valence-electron chi connectivity index (χ3n) is 5.81. The number of rotatable bonds is 8. The molecule has 6 nitrogen and oxygen atoms in total. The second-order valence-electron chi connectivity index (χ2n) is 9.53. The van der Waals surface area contributed by atoms with Crippen LogP contribution in [0.1, 0.15) is 54.2 Å². The molecule has 1 amide bonds. The molecule has 0 saturated carbocycles. The number of hydrogen-bond acceptors (Lipinski definition) is 5. The Morgan fingerprint density at radius 3 is 1.85 bits per heavy atom. The summed E-state index contributed by atoms with van der Waals surface area (Å²) in [5.41, 5.74) is 6.11. The first-order chi connectivity index (χ1) is 15.4. The summed E-state index contributed by atoms with van der Waals surface area (Å²) in [4.78, 5) is 25.2. The molecule has 2 aromatic carbocycles. The molecule has 2 rings (SSSR count). The molecule has 0 saturated heterocycles. The van der Waals surface area contributed by atoms with E-state index in [4.69, 9.17) is 14.2 Å². The van der Waals surface area contributed by atoms with Crippen molar-refractivity contribution < 1.29 is 23.8 Å². The van der Waals surface area contributed by atoms with E-state index in [2.05, 4.69) is 38.2 Å². The van der Waals surface area contributed by atoms with Crippen LogP contribution in [0, 0.1) is 26.2 Å². The summed E-state index contributed by atoms with van der Waals surface area (Å²) in [6.07, 6.45) is 0.933. The summed E-state index contributed by atoms with van der Waals surface area (Å²) in [6, 6.07) is 7.35. The van der Waals surface area contributed by atoms with E-state index < -0.39 is 17.4 Å². The number of methoxy groups -OCH3 is 3. The van der Waals surface area contributed by atoms with Crippen molar-refractivity contribution in [2.75, 3.05) is 21.3 Å². The number of benzene rings is 2. The lowest BCUT2D eigenvalue weighted by Crippen LogP contribution is -2.47. The minimum atomic E-state index is -0.821. The third kappa shape index (κ3) is 6.50. The number of hydrogen-bond donors (Lipinski definition) is 1. The molecular weight excluding hydrogens is 418 g/mol. The molecule has 0 radical (unpaired) electrons. The first-order valence-electron chi connectivity index (χ1n) is 11.1. The fourth-order valence-corrected chi connectivity index (χ4v) is 3.93. The second-order valence-corrected chi connectivity index (χ2v) is 9.53. The monoisotopic (exact) mass is 455 g/mol. The van der Waals surface area contributed by atoms with E-state index in [0.29, 0.717) is 17.9 Å². The molecule has 0 heterocycles. The minimum absolute atomic E-state index is 0.217. The number of ether oxygens (including phenoxy) is 3. The van der Waals surface area contributed by atoms with Gasteiger partial charge in [-0.1, -0.05) is 38.5 Å². The fourth-order valence-electron chi connectivity index (χ4n) is 3.93. The number of esters is 1. The van der Waals surface area contributed by atoms with Gasteiger partial charge in [-0.3, -0.25) is 4.79 Å². The van der Waals surface area contributed by atoms with Gasteiger partial charge in [0.05, 0.1) is 21.3 Å². The largest absolute Gasteiger partial charge is 0.493 e. The predicted molar refractivity (Wildman–Crippen MR) is 130 cm³/mol. The average molecular weight is 456 g/mol. The van der Waals surface area contributed by atoms with E-state index >= 15 is 0 Å². The van der Waals surface area contributed by atoms with Gasteiger partial charge in [-0.05, 0) is 67.1 Å². The quantitative estimate of drug-likeness (QED) is 0.595. The van der Waals surface area contributed by atoms with E-state index in [1.165, 1.54) is 29.4 Å². The van der Waals surface area contributed by atoms with Gasteiger partial charge in [0.1, 0.15) is 6.04 Å². The van der Waals surface area contributed by atoms with Crippen LogP contribution in [0.25, 0.3) is 0 Å². The van der Waals surface area contributed by atoms with Gasteiger partial charge in [-0.25, -0.2) is 4.79 Å². The number of nitrogens with one attached hydrogen (secondary N) is 1. The lowest BCUT2D eigenvalue weighted by molar-refractivity contribution is -0.146. The Balaban J connectivity index is 2.55. The van der Waals surface area contributed by atoms with Crippen LogP contribution in [0.2, 0.25) is 0 Å². The van der Waals surface area contributed by atoms with Crippen molar-refractivity contribution in [2.45, 2.75) is 60.4 Å². The second kappa shape index (κ2) is 10.7. The van der Waals surface area contributed by atoms with Crippen LogP contribution < -0.4 is 14.8 Å². The Kier molecular flexibility index (Phi) is 8.53. The van der Waals surface area contributed by atoms with E-state index in [1.807, 2.05) is 12.1 Å². The zero-order valence-corrected chi connectivity index (χ0v) is 21.3. The molecule has 1 unspecified atom stereocenters. The van der Waals surface area contributed by atoms with Crippen LogP contribution in [-0.2, 0) is 27.2 Å². The Bertz CT molecular complexity index is 997. The number of carbonyl (C=O) groups excluding carboxylic acids is 2. The Morgan fingerprint density at radius 1 is 0.879 bits per heavy atom. The maximum Gasteiger partial charge on any atom is 0.328 e. The van der Waals surface area contributed by atoms with Crippen molar-refractivity contribution >= 4 is 11.9 Å². The smallest absolute Gasteiger partial charge is 0.328 e. The maximum absolute atomic E-state index is 12.6. The van der Waals surface area contributed by atoms with Crippen molar-refractivity contribution in [3.05, 3.63) is 57.6 Å². The zero-order chi connectivity index (χ0) is 24.9. The van der Waals surface area contributed by atoms with Crippen LogP contribution in [0.5, 0.6) is 11.5 Å². The molecule has 2 aromatic rings. The van der Waals surface area contributed by atoms with Gasteiger partial charge in [0.15, 0.2) is 11.5 Å². The number of carbonyl (C=O) groups is 2. The molecular formula is C27H37NO5. The lowest BCUT2D eigenvalue weighted by atomic mass is 9.89. The highest BCUT2D eigenvalue weighted by atomic mass is 16.5. The molecule has 0 aliphatic rings. The lowest BCUT2D eigenvalue weighted by Gasteiger charge is -2.24. The SMILES string of the molecule is COC(=O)C(Cc1cc(OC)c(OC)cc1Cc1c(C)cc(C)cc1C)NC(=O)C(C)(C)C. The van der Waals surface area contributed by atoms with Gasteiger partial charge in [-0.15, -0.1) is 0 Å². The summed E-state index contributed by atoms with van der Waals surface area (Å²) in [5, 5.41) is 2.86. The molecule has 0 aliphatic heterocycles. The van der Waals surface area contributed by atoms with E-state index in [1.54, 1.807) is 35.0 Å². The highest BCUT2D eigenvalue weighted by Crippen LogP contribution is 2.33. The third-order valence-corrected chi connectivity index (χ3v) is 5.81. The van der Waals surface area contributed by atoms with E-state index in [-0.39, 0.29) is 12.3 Å². The molecule has 6 heteroatoms. The highest BCUT2D eigenvalue weighted by Gasteiger charge is 2.29. The summed E-state index contributed by atoms with van der Waals surface area (Å²) in [6.45, 7) is 11.7. The van der Waals surface area contributed by atoms with Crippen LogP contribution in [0.4, 0.5) is 0 Å². The summed E-state index contributed by atoms with van der Waals surface area (Å²) in [7, 11) is 4.51. The van der Waals surface area contributed by atoms with Crippen molar-refractivity contribution in [1.29, 1.82) is 0 Å². The highest BCUT2D eigenvalue weighted by molar-refractivity contribution is 5.87. The van der Waals surface area contributed by atoms with E-state index in [9.17, 15) is 9.59 Å². The van der Waals surface area contributed by atoms with Gasteiger partial charge in [-0.2, -0.15) is 0 Å². The Hall–Kier alpha value is -3.02. The van der Waals surface area contributed by atoms with Gasteiger partial charge < -0.3 is 19.5 Å². The van der Waals surface area contributed by atoms with E-state index in [0.717, 1.165) is 11.1 Å². The number of amides is 1. The van der Waals surface area contributed by atoms with Crippen LogP contribution in [-0.4, -0.2) is 39.2 Å². The summed E-state index contributed by atoms with van der Waals surface area (Å²) in [5.74, 6) is 0.479. The van der Waals surface area contributed by atoms with Gasteiger partial charge in [0.25, 0.3) is 0 Å². The normalized spacial score (nSPS) is 12.2. The Morgan fingerprint density at radius 2 is 1.39 bits per heavy atom. The number of aryl methyl sites for hydroxylation is 3. The molecule has 0 bridgehead atoms. The minimum Gasteiger partial charge on any atom is -0.493 e. The standard InChI is InChI=1S/C27H37NO5/c1-16-10-17(2)21(18(3)11-16)12-19-14-23(31-7)24(32-8)15-20(19)13-22(25(29)33-9)28-26(30)27(4,5)6/h10-11,14-15,22H,12-13H2,1-9H3,(H,28,30). The first kappa shape index (κ1) is 26.2. The molecule has 1 atom stereocenters. The zero-order valence-electron chi connectivity index (χ0n) is 21.3. The van der Waals surface area contributed by atoms with Crippen LogP contribution >= 0.6 is 0 Å². The first-order valence-corrected chi connectivity index (χ1v) is 11.1. The molecule has 0 aromatic heterocycles. The molecule has 0 aliphatic carbocycles. The topological polar surface area (TPSA) is 73.9 Å².